The van der Waals surface area contributed by atoms with Gasteiger partial charge in [0.05, 0.1) is 6.54 Å². The van der Waals surface area contributed by atoms with Gasteiger partial charge in [-0.3, -0.25) is 0 Å². The first-order chi connectivity index (χ1) is 5.24. The van der Waals surface area contributed by atoms with E-state index in [-0.39, 0.29) is 19.1 Å². The second kappa shape index (κ2) is 3.54. The maximum Gasteiger partial charge on any atom is 0.319 e. The van der Waals surface area contributed by atoms with Crippen molar-refractivity contribution >= 4 is 6.03 Å². The summed E-state index contributed by atoms with van der Waals surface area (Å²) in [6.07, 6.45) is -0.229. The SMILES string of the molecule is COCOC1CN(C)C(=O)N1. The molecule has 1 N–H and O–H groups in total. The number of methoxy groups -OCH3 is 1. The molecule has 64 valence electrons. The maximum atomic E-state index is 10.8. The predicted molar refractivity (Wildman–Crippen MR) is 37.9 cm³/mol. The third-order valence-electron chi connectivity index (χ3n) is 1.46. The topological polar surface area (TPSA) is 50.8 Å². The number of urea groups is 1. The summed E-state index contributed by atoms with van der Waals surface area (Å²) in [5.74, 6) is 0. The first kappa shape index (κ1) is 8.29. The maximum absolute atomic E-state index is 10.8. The van der Waals surface area contributed by atoms with Crippen LogP contribution in [0.25, 0.3) is 0 Å². The molecule has 0 saturated carbocycles. The Morgan fingerprint density at radius 3 is 3.00 bits per heavy atom. The average Bonchev–Trinajstić information content (AvgIpc) is 2.28. The highest BCUT2D eigenvalue weighted by Crippen LogP contribution is 2.01. The third-order valence-corrected chi connectivity index (χ3v) is 1.46. The van der Waals surface area contributed by atoms with E-state index >= 15 is 0 Å². The lowest BCUT2D eigenvalue weighted by Gasteiger charge is -2.08. The summed E-state index contributed by atoms with van der Waals surface area (Å²) >= 11 is 0. The average molecular weight is 160 g/mol. The van der Waals surface area contributed by atoms with Crippen molar-refractivity contribution in [2.75, 3.05) is 27.5 Å². The van der Waals surface area contributed by atoms with Crippen molar-refractivity contribution in [3.8, 4) is 0 Å². The largest absolute Gasteiger partial charge is 0.359 e. The zero-order valence-electron chi connectivity index (χ0n) is 6.66. The van der Waals surface area contributed by atoms with Crippen molar-refractivity contribution in [1.82, 2.24) is 10.2 Å². The van der Waals surface area contributed by atoms with Crippen molar-refractivity contribution in [2.45, 2.75) is 6.23 Å². The Labute approximate surface area is 65.3 Å². The van der Waals surface area contributed by atoms with Crippen LogP contribution in [0.3, 0.4) is 0 Å². The lowest BCUT2D eigenvalue weighted by atomic mass is 10.6. The van der Waals surface area contributed by atoms with Gasteiger partial charge in [-0.15, -0.1) is 0 Å². The van der Waals surface area contributed by atoms with Gasteiger partial charge in [0.15, 0.2) is 6.23 Å². The number of nitrogens with one attached hydrogen (secondary N) is 1. The molecule has 11 heavy (non-hydrogen) atoms. The molecule has 0 bridgehead atoms. The predicted octanol–water partition coefficient (Wildman–Crippen LogP) is -0.412. The van der Waals surface area contributed by atoms with Crippen LogP contribution in [0.4, 0.5) is 4.79 Å². The van der Waals surface area contributed by atoms with Gasteiger partial charge in [0.2, 0.25) is 0 Å². The second-order valence-electron chi connectivity index (χ2n) is 2.39. The minimum Gasteiger partial charge on any atom is -0.359 e. The summed E-state index contributed by atoms with van der Waals surface area (Å²) < 4.78 is 9.78. The molecule has 1 aliphatic rings. The Balaban J connectivity index is 2.24. The molecule has 0 aromatic rings. The molecule has 1 saturated heterocycles. The number of ether oxygens (including phenoxy) is 2. The van der Waals surface area contributed by atoms with E-state index in [2.05, 4.69) is 10.1 Å². The highest BCUT2D eigenvalue weighted by atomic mass is 16.7. The van der Waals surface area contributed by atoms with E-state index in [4.69, 9.17) is 4.74 Å². The number of likely N-dealkylation sites (N-methyl/N-ethyl adjacent to an activating group) is 1. The first-order valence-electron chi connectivity index (χ1n) is 3.36. The summed E-state index contributed by atoms with van der Waals surface area (Å²) in [5.41, 5.74) is 0. The molecule has 5 heteroatoms. The van der Waals surface area contributed by atoms with Gasteiger partial charge in [0.1, 0.15) is 6.79 Å². The number of rotatable bonds is 3. The quantitative estimate of drug-likeness (QED) is 0.571. The van der Waals surface area contributed by atoms with Gasteiger partial charge in [-0.25, -0.2) is 4.79 Å². The molecular formula is C6H12N2O3. The molecule has 0 radical (unpaired) electrons. The second-order valence-corrected chi connectivity index (χ2v) is 2.39. The monoisotopic (exact) mass is 160 g/mol. The van der Waals surface area contributed by atoms with E-state index in [0.717, 1.165) is 0 Å². The molecule has 0 spiro atoms. The molecule has 1 rings (SSSR count). The summed E-state index contributed by atoms with van der Waals surface area (Å²) in [6.45, 7) is 0.779. The van der Waals surface area contributed by atoms with E-state index in [9.17, 15) is 4.79 Å². The Bertz CT molecular complexity index is 151. The normalized spacial score (nSPS) is 24.0. The summed E-state index contributed by atoms with van der Waals surface area (Å²) in [7, 11) is 3.26. The van der Waals surface area contributed by atoms with Gasteiger partial charge in [-0.2, -0.15) is 0 Å². The van der Waals surface area contributed by atoms with Gasteiger partial charge in [-0.05, 0) is 0 Å². The Kier molecular flexibility index (Phi) is 2.67. The van der Waals surface area contributed by atoms with E-state index in [0.29, 0.717) is 6.54 Å². The minimum absolute atomic E-state index is 0.105. The van der Waals surface area contributed by atoms with Crippen molar-refractivity contribution in [3.63, 3.8) is 0 Å². The fourth-order valence-electron chi connectivity index (χ4n) is 0.870. The van der Waals surface area contributed by atoms with Gasteiger partial charge < -0.3 is 19.7 Å². The van der Waals surface area contributed by atoms with Crippen LogP contribution in [0.2, 0.25) is 0 Å². The Morgan fingerprint density at radius 2 is 2.55 bits per heavy atom. The number of carbonyl (C=O) groups is 1. The van der Waals surface area contributed by atoms with Crippen LogP contribution in [0, 0.1) is 0 Å². The molecule has 5 nitrogen and oxygen atoms in total. The highest BCUT2D eigenvalue weighted by Gasteiger charge is 2.25. The van der Waals surface area contributed by atoms with Crippen molar-refractivity contribution in [2.24, 2.45) is 0 Å². The number of hydrogen-bond acceptors (Lipinski definition) is 3. The number of nitrogens with zero attached hydrogens (tertiary/aromatic N) is 1. The molecule has 1 heterocycles. The molecule has 1 fully saturated rings. The van der Waals surface area contributed by atoms with Crippen LogP contribution >= 0.6 is 0 Å². The van der Waals surface area contributed by atoms with Crippen molar-refractivity contribution in [3.05, 3.63) is 0 Å². The summed E-state index contributed by atoms with van der Waals surface area (Å²) in [4.78, 5) is 12.4. The van der Waals surface area contributed by atoms with Crippen LogP contribution in [0.5, 0.6) is 0 Å². The van der Waals surface area contributed by atoms with Crippen LogP contribution in [0.15, 0.2) is 0 Å². The molecule has 2 amide bonds. The molecular weight excluding hydrogens is 148 g/mol. The van der Waals surface area contributed by atoms with Crippen LogP contribution in [-0.4, -0.2) is 44.7 Å². The summed E-state index contributed by atoms with van der Waals surface area (Å²) in [6, 6.07) is -0.105. The minimum atomic E-state index is -0.229. The first-order valence-corrected chi connectivity index (χ1v) is 3.36. The fourth-order valence-corrected chi connectivity index (χ4v) is 0.870. The number of carbonyl (C=O) groups excluding carboxylic acids is 1. The molecule has 0 aliphatic carbocycles. The molecule has 1 aliphatic heterocycles. The highest BCUT2D eigenvalue weighted by molar-refractivity contribution is 5.76. The van der Waals surface area contributed by atoms with Crippen molar-refractivity contribution < 1.29 is 14.3 Å². The zero-order valence-corrected chi connectivity index (χ0v) is 6.66. The smallest absolute Gasteiger partial charge is 0.319 e. The van der Waals surface area contributed by atoms with E-state index in [1.54, 1.807) is 19.1 Å². The lowest BCUT2D eigenvalue weighted by molar-refractivity contribution is -0.0730. The van der Waals surface area contributed by atoms with Crippen molar-refractivity contribution in [1.29, 1.82) is 0 Å². The van der Waals surface area contributed by atoms with Crippen LogP contribution in [0.1, 0.15) is 0 Å². The zero-order chi connectivity index (χ0) is 8.27. The molecule has 1 atom stereocenters. The summed E-state index contributed by atoms with van der Waals surface area (Å²) in [5, 5.41) is 2.62. The number of amides is 2. The van der Waals surface area contributed by atoms with Gasteiger partial charge in [-0.1, -0.05) is 0 Å². The molecule has 0 aromatic carbocycles. The van der Waals surface area contributed by atoms with Crippen LogP contribution in [-0.2, 0) is 9.47 Å². The fraction of sp³-hybridized carbons (Fsp3) is 0.833. The van der Waals surface area contributed by atoms with Gasteiger partial charge in [0, 0.05) is 14.2 Å². The van der Waals surface area contributed by atoms with Gasteiger partial charge in [0.25, 0.3) is 0 Å². The third kappa shape index (κ3) is 2.06. The van der Waals surface area contributed by atoms with E-state index in [1.807, 2.05) is 0 Å². The molecule has 0 aromatic heterocycles. The number of hydrogen-bond donors (Lipinski definition) is 1. The lowest BCUT2D eigenvalue weighted by Crippen LogP contribution is -2.29. The van der Waals surface area contributed by atoms with Crippen LogP contribution < -0.4 is 5.32 Å². The van der Waals surface area contributed by atoms with Gasteiger partial charge >= 0.3 is 6.03 Å². The van der Waals surface area contributed by atoms with E-state index in [1.165, 1.54) is 0 Å². The standard InChI is InChI=1S/C6H12N2O3/c1-8-3-5(7-6(8)9)11-4-10-2/h5H,3-4H2,1-2H3,(H,7,9). The Morgan fingerprint density at radius 1 is 1.82 bits per heavy atom. The molecule has 1 unspecified atom stereocenters. The van der Waals surface area contributed by atoms with E-state index < -0.39 is 0 Å². The Hall–Kier alpha value is -0.810.